The van der Waals surface area contributed by atoms with E-state index in [1.54, 1.807) is 24.3 Å². The van der Waals surface area contributed by atoms with E-state index >= 15 is 0 Å². The number of halogens is 1. The van der Waals surface area contributed by atoms with Crippen LogP contribution in [0, 0.1) is 0 Å². The summed E-state index contributed by atoms with van der Waals surface area (Å²) in [7, 11) is 0. The molecule has 2 aromatic rings. The van der Waals surface area contributed by atoms with Crippen LogP contribution in [0.5, 0.6) is 5.75 Å². The van der Waals surface area contributed by atoms with Gasteiger partial charge in [-0.3, -0.25) is 9.89 Å². The Balaban J connectivity index is 1.53. The van der Waals surface area contributed by atoms with E-state index in [4.69, 9.17) is 16.3 Å². The van der Waals surface area contributed by atoms with Gasteiger partial charge in [0, 0.05) is 17.6 Å². The van der Waals surface area contributed by atoms with Crippen molar-refractivity contribution in [2.24, 2.45) is 0 Å². The van der Waals surface area contributed by atoms with E-state index < -0.39 is 0 Å². The second-order valence-electron chi connectivity index (χ2n) is 6.66. The van der Waals surface area contributed by atoms with Gasteiger partial charge in [-0.25, -0.2) is 4.98 Å². The van der Waals surface area contributed by atoms with Crippen molar-refractivity contribution in [2.45, 2.75) is 62.6 Å². The molecule has 1 aromatic heterocycles. The van der Waals surface area contributed by atoms with E-state index in [9.17, 15) is 4.79 Å². The summed E-state index contributed by atoms with van der Waals surface area (Å²) in [6.45, 7) is 5.21. The van der Waals surface area contributed by atoms with Crippen LogP contribution in [0.1, 0.15) is 45.4 Å². The second kappa shape index (κ2) is 9.46. The van der Waals surface area contributed by atoms with Crippen LogP contribution in [0.2, 0.25) is 5.02 Å². The third-order valence-corrected chi connectivity index (χ3v) is 5.91. The van der Waals surface area contributed by atoms with Crippen molar-refractivity contribution in [3.63, 3.8) is 0 Å². The number of carbonyl (C=O) groups excluding carboxylic acids is 1. The lowest BCUT2D eigenvalue weighted by atomic mass is 10.00. The lowest BCUT2D eigenvalue weighted by Gasteiger charge is -2.36. The number of nitrogens with one attached hydrogen (secondary N) is 1. The van der Waals surface area contributed by atoms with E-state index in [0.717, 1.165) is 25.8 Å². The molecule has 2 heterocycles. The SMILES string of the molecule is CCC1CCCCN1C(=O)C(C)Sc1n[nH]c(COc2ccc(Cl)cc2)n1. The monoisotopic (exact) mass is 408 g/mol. The van der Waals surface area contributed by atoms with Crippen molar-refractivity contribution >= 4 is 29.3 Å². The fraction of sp³-hybridized carbons (Fsp3) is 0.526. The molecule has 1 fully saturated rings. The maximum atomic E-state index is 12.8. The van der Waals surface area contributed by atoms with E-state index in [1.165, 1.54) is 18.2 Å². The van der Waals surface area contributed by atoms with Gasteiger partial charge < -0.3 is 9.64 Å². The number of benzene rings is 1. The third-order valence-electron chi connectivity index (χ3n) is 4.71. The van der Waals surface area contributed by atoms with E-state index in [0.29, 0.717) is 27.8 Å². The van der Waals surface area contributed by atoms with Crippen molar-refractivity contribution in [3.05, 3.63) is 35.1 Å². The summed E-state index contributed by atoms with van der Waals surface area (Å²) in [5.74, 6) is 1.51. The molecule has 1 aliphatic rings. The maximum Gasteiger partial charge on any atom is 0.236 e. The fourth-order valence-electron chi connectivity index (χ4n) is 3.23. The Labute approximate surface area is 169 Å². The van der Waals surface area contributed by atoms with Gasteiger partial charge >= 0.3 is 0 Å². The lowest BCUT2D eigenvalue weighted by Crippen LogP contribution is -2.46. The standard InChI is InChI=1S/C19H25ClN4O2S/c1-3-15-6-4-5-11-24(15)18(25)13(2)27-19-21-17(22-23-19)12-26-16-9-7-14(20)8-10-16/h7-10,13,15H,3-6,11-12H2,1-2H3,(H,21,22,23). The van der Waals surface area contributed by atoms with Gasteiger partial charge in [0.1, 0.15) is 12.4 Å². The zero-order valence-electron chi connectivity index (χ0n) is 15.7. The summed E-state index contributed by atoms with van der Waals surface area (Å²) in [6, 6.07) is 7.52. The zero-order chi connectivity index (χ0) is 19.2. The molecule has 0 saturated carbocycles. The van der Waals surface area contributed by atoms with Crippen molar-refractivity contribution in [1.29, 1.82) is 0 Å². The molecule has 0 bridgehead atoms. The summed E-state index contributed by atoms with van der Waals surface area (Å²) < 4.78 is 5.66. The lowest BCUT2D eigenvalue weighted by molar-refractivity contribution is -0.134. The molecule has 0 aliphatic carbocycles. The first-order valence-electron chi connectivity index (χ1n) is 9.33. The van der Waals surface area contributed by atoms with Gasteiger partial charge in [-0.1, -0.05) is 30.3 Å². The predicted octanol–water partition coefficient (Wildman–Crippen LogP) is 4.31. The van der Waals surface area contributed by atoms with Crippen LogP contribution in [0.3, 0.4) is 0 Å². The van der Waals surface area contributed by atoms with Crippen LogP contribution in [-0.2, 0) is 11.4 Å². The number of H-pyrrole nitrogens is 1. The highest BCUT2D eigenvalue weighted by atomic mass is 35.5. The highest BCUT2D eigenvalue weighted by Crippen LogP contribution is 2.26. The summed E-state index contributed by atoms with van der Waals surface area (Å²) in [5.41, 5.74) is 0. The number of likely N-dealkylation sites (tertiary alicyclic amines) is 1. The first-order chi connectivity index (χ1) is 13.1. The molecule has 3 rings (SSSR count). The second-order valence-corrected chi connectivity index (χ2v) is 8.40. The van der Waals surface area contributed by atoms with Crippen LogP contribution in [0.15, 0.2) is 29.4 Å². The normalized spacial score (nSPS) is 18.3. The average molecular weight is 409 g/mol. The minimum Gasteiger partial charge on any atom is -0.486 e. The summed E-state index contributed by atoms with van der Waals surface area (Å²) in [4.78, 5) is 19.3. The number of piperidine rings is 1. The number of amides is 1. The summed E-state index contributed by atoms with van der Waals surface area (Å²) in [6.07, 6.45) is 4.41. The van der Waals surface area contributed by atoms with Crippen LogP contribution >= 0.6 is 23.4 Å². The molecule has 6 nitrogen and oxygen atoms in total. The summed E-state index contributed by atoms with van der Waals surface area (Å²) in [5, 5.41) is 8.10. The Hall–Kier alpha value is -1.73. The Morgan fingerprint density at radius 2 is 2.19 bits per heavy atom. The Morgan fingerprint density at radius 1 is 1.41 bits per heavy atom. The molecule has 146 valence electrons. The number of aromatic amines is 1. The average Bonchev–Trinajstić information content (AvgIpc) is 3.14. The topological polar surface area (TPSA) is 71.1 Å². The largest absolute Gasteiger partial charge is 0.486 e. The molecule has 27 heavy (non-hydrogen) atoms. The van der Waals surface area contributed by atoms with Crippen molar-refractivity contribution in [2.75, 3.05) is 6.54 Å². The number of aromatic nitrogens is 3. The number of ether oxygens (including phenoxy) is 1. The smallest absolute Gasteiger partial charge is 0.236 e. The molecule has 2 unspecified atom stereocenters. The maximum absolute atomic E-state index is 12.8. The van der Waals surface area contributed by atoms with Crippen LogP contribution in [0.25, 0.3) is 0 Å². The summed E-state index contributed by atoms with van der Waals surface area (Å²) >= 11 is 7.25. The van der Waals surface area contributed by atoms with Crippen LogP contribution in [0.4, 0.5) is 0 Å². The molecular formula is C19H25ClN4O2S. The molecule has 8 heteroatoms. The number of hydrogen-bond acceptors (Lipinski definition) is 5. The van der Waals surface area contributed by atoms with Crippen LogP contribution in [-0.4, -0.2) is 43.8 Å². The van der Waals surface area contributed by atoms with Gasteiger partial charge in [0.25, 0.3) is 0 Å². The van der Waals surface area contributed by atoms with Gasteiger partial charge in [0.2, 0.25) is 11.1 Å². The van der Waals surface area contributed by atoms with Gasteiger partial charge in [-0.15, -0.1) is 5.10 Å². The quantitative estimate of drug-likeness (QED) is 0.691. The molecule has 0 spiro atoms. The minimum atomic E-state index is -0.210. The highest BCUT2D eigenvalue weighted by molar-refractivity contribution is 8.00. The van der Waals surface area contributed by atoms with E-state index in [1.807, 2.05) is 11.8 Å². The van der Waals surface area contributed by atoms with Gasteiger partial charge in [0.05, 0.1) is 5.25 Å². The van der Waals surface area contributed by atoms with Crippen LogP contribution < -0.4 is 4.74 Å². The first kappa shape index (κ1) is 20.0. The number of thioether (sulfide) groups is 1. The predicted molar refractivity (Wildman–Crippen MR) is 107 cm³/mol. The molecule has 0 radical (unpaired) electrons. The number of nitrogens with zero attached hydrogens (tertiary/aromatic N) is 3. The molecule has 1 aromatic carbocycles. The van der Waals surface area contributed by atoms with Gasteiger partial charge in [-0.05, 0) is 56.9 Å². The van der Waals surface area contributed by atoms with E-state index in [-0.39, 0.29) is 17.8 Å². The van der Waals surface area contributed by atoms with Crippen molar-refractivity contribution in [3.8, 4) is 5.75 Å². The number of rotatable bonds is 7. The third kappa shape index (κ3) is 5.39. The molecule has 1 aliphatic heterocycles. The molecular weight excluding hydrogens is 384 g/mol. The molecule has 2 atom stereocenters. The Kier molecular flexibility index (Phi) is 7.01. The Bertz CT molecular complexity index is 752. The number of carbonyl (C=O) groups is 1. The van der Waals surface area contributed by atoms with Crippen molar-refractivity contribution < 1.29 is 9.53 Å². The molecule has 1 saturated heterocycles. The Morgan fingerprint density at radius 3 is 2.93 bits per heavy atom. The van der Waals surface area contributed by atoms with E-state index in [2.05, 4.69) is 22.1 Å². The number of hydrogen-bond donors (Lipinski definition) is 1. The van der Waals surface area contributed by atoms with Gasteiger partial charge in [0.15, 0.2) is 5.82 Å². The molecule has 1 N–H and O–H groups in total. The zero-order valence-corrected chi connectivity index (χ0v) is 17.2. The highest BCUT2D eigenvalue weighted by Gasteiger charge is 2.29. The van der Waals surface area contributed by atoms with Gasteiger partial charge in [-0.2, -0.15) is 0 Å². The molecule has 1 amide bonds. The first-order valence-corrected chi connectivity index (χ1v) is 10.6. The fourth-order valence-corrected chi connectivity index (χ4v) is 4.17. The van der Waals surface area contributed by atoms with Crippen molar-refractivity contribution in [1.82, 2.24) is 20.1 Å². The minimum absolute atomic E-state index is 0.176.